The molecule has 0 fully saturated rings. The molecule has 0 atom stereocenters. The van der Waals surface area contributed by atoms with Gasteiger partial charge in [-0.3, -0.25) is 0 Å². The lowest BCUT2D eigenvalue weighted by molar-refractivity contribution is 0.844. The van der Waals surface area contributed by atoms with Crippen LogP contribution in [0.5, 0.6) is 0 Å². The molecule has 2 aromatic rings. The fourth-order valence-corrected chi connectivity index (χ4v) is 2.57. The number of nitrogens with zero attached hydrogens (tertiary/aromatic N) is 3. The van der Waals surface area contributed by atoms with Gasteiger partial charge in [-0.25, -0.2) is 4.68 Å². The molecule has 2 rings (SSSR count). The number of hydrogen-bond donors (Lipinski definition) is 1. The van der Waals surface area contributed by atoms with E-state index < -0.39 is 0 Å². The van der Waals surface area contributed by atoms with Crippen LogP contribution in [0.4, 0.5) is 0 Å². The van der Waals surface area contributed by atoms with Gasteiger partial charge < -0.3 is 5.84 Å². The SMILES string of the molecule is CC(C)Sc1nnc(-c2ccccc2Br)n1N. The lowest BCUT2D eigenvalue weighted by atomic mass is 10.2. The average Bonchev–Trinajstić information content (AvgIpc) is 2.61. The summed E-state index contributed by atoms with van der Waals surface area (Å²) < 4.78 is 2.49. The number of hydrogen-bond acceptors (Lipinski definition) is 4. The van der Waals surface area contributed by atoms with Crippen molar-refractivity contribution in [2.45, 2.75) is 24.3 Å². The number of rotatable bonds is 3. The van der Waals surface area contributed by atoms with Crippen LogP contribution in [0.1, 0.15) is 13.8 Å². The number of thioether (sulfide) groups is 1. The first-order valence-corrected chi connectivity index (χ1v) is 6.89. The maximum absolute atomic E-state index is 6.00. The summed E-state index contributed by atoms with van der Waals surface area (Å²) in [6.45, 7) is 4.19. The highest BCUT2D eigenvalue weighted by atomic mass is 79.9. The summed E-state index contributed by atoms with van der Waals surface area (Å²) in [6, 6.07) is 7.82. The molecule has 6 heteroatoms. The zero-order valence-corrected chi connectivity index (χ0v) is 12.0. The molecule has 4 nitrogen and oxygen atoms in total. The summed E-state index contributed by atoms with van der Waals surface area (Å²) in [7, 11) is 0. The second-order valence-corrected chi connectivity index (χ2v) is 6.22. The Kier molecular flexibility index (Phi) is 3.73. The zero-order valence-electron chi connectivity index (χ0n) is 9.59. The Hall–Kier alpha value is -1.01. The molecule has 17 heavy (non-hydrogen) atoms. The van der Waals surface area contributed by atoms with Crippen molar-refractivity contribution in [3.8, 4) is 11.4 Å². The molecule has 0 amide bonds. The van der Waals surface area contributed by atoms with E-state index in [4.69, 9.17) is 5.84 Å². The summed E-state index contributed by atoms with van der Waals surface area (Å²) in [5.41, 5.74) is 0.943. The van der Waals surface area contributed by atoms with E-state index in [1.54, 1.807) is 11.8 Å². The van der Waals surface area contributed by atoms with Crippen molar-refractivity contribution in [1.29, 1.82) is 0 Å². The minimum atomic E-state index is 0.425. The number of nitrogens with two attached hydrogens (primary N) is 1. The summed E-state index contributed by atoms with van der Waals surface area (Å²) >= 11 is 5.08. The molecular formula is C11H13BrN4S. The van der Waals surface area contributed by atoms with Gasteiger partial charge in [-0.2, -0.15) is 0 Å². The van der Waals surface area contributed by atoms with Gasteiger partial charge in [0.2, 0.25) is 5.16 Å². The van der Waals surface area contributed by atoms with Crippen molar-refractivity contribution < 1.29 is 0 Å². The Balaban J connectivity index is 2.41. The van der Waals surface area contributed by atoms with Crippen LogP contribution in [0, 0.1) is 0 Å². The molecule has 90 valence electrons. The Morgan fingerprint density at radius 1 is 1.29 bits per heavy atom. The molecule has 0 unspecified atom stereocenters. The van der Waals surface area contributed by atoms with Crippen LogP contribution >= 0.6 is 27.7 Å². The predicted octanol–water partition coefficient (Wildman–Crippen LogP) is 2.92. The number of nitrogen functional groups attached to an aromatic ring is 1. The molecule has 0 aliphatic carbocycles. The van der Waals surface area contributed by atoms with Crippen molar-refractivity contribution in [3.05, 3.63) is 28.7 Å². The molecule has 0 aliphatic rings. The Morgan fingerprint density at radius 2 is 2.00 bits per heavy atom. The molecule has 1 aromatic carbocycles. The van der Waals surface area contributed by atoms with E-state index in [1.807, 2.05) is 24.3 Å². The summed E-state index contributed by atoms with van der Waals surface area (Å²) in [6.07, 6.45) is 0. The van der Waals surface area contributed by atoms with E-state index in [1.165, 1.54) is 4.68 Å². The van der Waals surface area contributed by atoms with Gasteiger partial charge in [0, 0.05) is 15.3 Å². The zero-order chi connectivity index (χ0) is 12.4. The van der Waals surface area contributed by atoms with Crippen molar-refractivity contribution >= 4 is 27.7 Å². The molecule has 2 N–H and O–H groups in total. The van der Waals surface area contributed by atoms with Crippen LogP contribution in [0.15, 0.2) is 33.9 Å². The van der Waals surface area contributed by atoms with Gasteiger partial charge in [-0.15, -0.1) is 10.2 Å². The van der Waals surface area contributed by atoms with Gasteiger partial charge in [0.15, 0.2) is 5.82 Å². The van der Waals surface area contributed by atoms with Gasteiger partial charge in [0.05, 0.1) is 0 Å². The van der Waals surface area contributed by atoms with Crippen molar-refractivity contribution in [3.63, 3.8) is 0 Å². The minimum Gasteiger partial charge on any atom is -0.335 e. The first kappa shape index (κ1) is 12.4. The van der Waals surface area contributed by atoms with Crippen LogP contribution in [0.3, 0.4) is 0 Å². The quantitative estimate of drug-likeness (QED) is 0.699. The topological polar surface area (TPSA) is 56.7 Å². The normalized spacial score (nSPS) is 11.1. The standard InChI is InChI=1S/C11H13BrN4S/c1-7(2)17-11-15-14-10(16(11)13)8-5-3-4-6-9(8)12/h3-7H,13H2,1-2H3. The van der Waals surface area contributed by atoms with Crippen molar-refractivity contribution in [1.82, 2.24) is 14.9 Å². The van der Waals surface area contributed by atoms with Gasteiger partial charge in [-0.05, 0) is 12.1 Å². The first-order chi connectivity index (χ1) is 8.09. The molecule has 0 bridgehead atoms. The third-order valence-corrected chi connectivity index (χ3v) is 3.77. The Labute approximate surface area is 113 Å². The van der Waals surface area contributed by atoms with E-state index in [0.29, 0.717) is 11.1 Å². The second-order valence-electron chi connectivity index (χ2n) is 3.82. The molecule has 0 radical (unpaired) electrons. The molecule has 0 spiro atoms. The van der Waals surface area contributed by atoms with E-state index in [0.717, 1.165) is 15.2 Å². The van der Waals surface area contributed by atoms with Gasteiger partial charge in [0.25, 0.3) is 0 Å². The van der Waals surface area contributed by atoms with E-state index in [2.05, 4.69) is 40.0 Å². The molecule has 0 saturated carbocycles. The second kappa shape index (κ2) is 5.10. The molecule has 0 saturated heterocycles. The summed E-state index contributed by atoms with van der Waals surface area (Å²) in [5.74, 6) is 6.67. The minimum absolute atomic E-state index is 0.425. The maximum atomic E-state index is 6.00. The summed E-state index contributed by atoms with van der Waals surface area (Å²) in [4.78, 5) is 0. The fraction of sp³-hybridized carbons (Fsp3) is 0.273. The highest BCUT2D eigenvalue weighted by Gasteiger charge is 2.14. The van der Waals surface area contributed by atoms with E-state index in [-0.39, 0.29) is 0 Å². The number of benzene rings is 1. The van der Waals surface area contributed by atoms with Gasteiger partial charge in [0.1, 0.15) is 0 Å². The molecular weight excluding hydrogens is 300 g/mol. The van der Waals surface area contributed by atoms with Gasteiger partial charge >= 0.3 is 0 Å². The number of aromatic nitrogens is 3. The van der Waals surface area contributed by atoms with Crippen LogP contribution in [-0.4, -0.2) is 20.1 Å². The summed E-state index contributed by atoms with van der Waals surface area (Å²) in [5, 5.41) is 9.39. The van der Waals surface area contributed by atoms with Crippen LogP contribution in [0.25, 0.3) is 11.4 Å². The third kappa shape index (κ3) is 2.63. The predicted molar refractivity (Wildman–Crippen MR) is 74.3 cm³/mol. The van der Waals surface area contributed by atoms with E-state index >= 15 is 0 Å². The van der Waals surface area contributed by atoms with Crippen LogP contribution in [0.2, 0.25) is 0 Å². The Morgan fingerprint density at radius 3 is 2.65 bits per heavy atom. The fourth-order valence-electron chi connectivity index (χ4n) is 1.39. The largest absolute Gasteiger partial charge is 0.335 e. The lowest BCUT2D eigenvalue weighted by Gasteiger charge is -2.06. The maximum Gasteiger partial charge on any atom is 0.210 e. The van der Waals surface area contributed by atoms with E-state index in [9.17, 15) is 0 Å². The molecule has 1 heterocycles. The highest BCUT2D eigenvalue weighted by Crippen LogP contribution is 2.28. The van der Waals surface area contributed by atoms with Crippen LogP contribution < -0.4 is 5.84 Å². The number of halogens is 1. The smallest absolute Gasteiger partial charge is 0.210 e. The monoisotopic (exact) mass is 312 g/mol. The molecule has 1 aromatic heterocycles. The van der Waals surface area contributed by atoms with Gasteiger partial charge in [-0.1, -0.05) is 53.7 Å². The Bertz CT molecular complexity index is 524. The van der Waals surface area contributed by atoms with Crippen molar-refractivity contribution in [2.24, 2.45) is 0 Å². The van der Waals surface area contributed by atoms with Crippen LogP contribution in [-0.2, 0) is 0 Å². The molecule has 0 aliphatic heterocycles. The van der Waals surface area contributed by atoms with Crippen molar-refractivity contribution in [2.75, 3.05) is 5.84 Å². The lowest BCUT2D eigenvalue weighted by Crippen LogP contribution is -2.12. The average molecular weight is 313 g/mol. The third-order valence-electron chi connectivity index (χ3n) is 2.12. The first-order valence-electron chi connectivity index (χ1n) is 5.21. The highest BCUT2D eigenvalue weighted by molar-refractivity contribution is 9.10.